The third kappa shape index (κ3) is 1.90. The van der Waals surface area contributed by atoms with Crippen LogP contribution in [0.2, 0.25) is 0 Å². The highest BCUT2D eigenvalue weighted by atomic mass is 32.1. The second kappa shape index (κ2) is 4.35. The summed E-state index contributed by atoms with van der Waals surface area (Å²) in [5.41, 5.74) is 2.07. The number of carbonyl (C=O) groups is 2. The minimum absolute atomic E-state index is 0.0425. The average molecular weight is 275 g/mol. The number of thiophene rings is 1. The summed E-state index contributed by atoms with van der Waals surface area (Å²) in [7, 11) is 0. The molecule has 4 nitrogen and oxygen atoms in total. The van der Waals surface area contributed by atoms with Crippen molar-refractivity contribution >= 4 is 23.1 Å². The molecule has 2 aromatic heterocycles. The topological polar surface area (TPSA) is 70.2 Å². The number of aromatic carboxylic acids is 1. The fourth-order valence-corrected chi connectivity index (χ4v) is 3.60. The van der Waals surface area contributed by atoms with Gasteiger partial charge < -0.3 is 10.1 Å². The number of hydrogen-bond acceptors (Lipinski definition) is 3. The number of hydrogen-bond donors (Lipinski definition) is 2. The van der Waals surface area contributed by atoms with Gasteiger partial charge in [0.25, 0.3) is 0 Å². The number of nitrogens with one attached hydrogen (secondary N) is 1. The molecule has 0 saturated carbocycles. The molecule has 2 N–H and O–H groups in total. The number of aromatic nitrogens is 1. The smallest absolute Gasteiger partial charge is 0.352 e. The van der Waals surface area contributed by atoms with Crippen LogP contribution in [0.3, 0.4) is 0 Å². The largest absolute Gasteiger partial charge is 0.477 e. The van der Waals surface area contributed by atoms with Crippen LogP contribution in [0.15, 0.2) is 17.5 Å². The summed E-state index contributed by atoms with van der Waals surface area (Å²) in [5.74, 6) is -0.798. The standard InChI is InChI=1S/C14H13NO3S/c1-7-12-9(15-13(7)14(17)18)5-8(6-10(12)16)11-3-2-4-19-11/h2-4,8,15H,5-6H2,1H3,(H,17,18)/t8-/m0/s1. The SMILES string of the molecule is Cc1c(C(=O)O)[nH]c2c1C(=O)C[C@@H](c1cccs1)C2. The molecule has 98 valence electrons. The van der Waals surface area contributed by atoms with Crippen molar-refractivity contribution in [1.82, 2.24) is 4.98 Å². The Labute approximate surface area is 114 Å². The summed E-state index contributed by atoms with van der Waals surface area (Å²) in [5, 5.41) is 11.1. The molecule has 0 amide bonds. The van der Waals surface area contributed by atoms with Gasteiger partial charge in [0.2, 0.25) is 0 Å². The van der Waals surface area contributed by atoms with Gasteiger partial charge in [0.15, 0.2) is 5.78 Å². The highest BCUT2D eigenvalue weighted by molar-refractivity contribution is 7.10. The molecular formula is C14H13NO3S. The first-order valence-electron chi connectivity index (χ1n) is 6.09. The second-order valence-electron chi connectivity index (χ2n) is 4.83. The summed E-state index contributed by atoms with van der Waals surface area (Å²) in [4.78, 5) is 27.4. The first-order valence-corrected chi connectivity index (χ1v) is 6.97. The van der Waals surface area contributed by atoms with Gasteiger partial charge in [-0.05, 0) is 30.4 Å². The fraction of sp³-hybridized carbons (Fsp3) is 0.286. The zero-order chi connectivity index (χ0) is 13.6. The first-order chi connectivity index (χ1) is 9.08. The Hall–Kier alpha value is -1.88. The lowest BCUT2D eigenvalue weighted by molar-refractivity contribution is 0.0690. The van der Waals surface area contributed by atoms with Gasteiger partial charge in [-0.3, -0.25) is 4.79 Å². The van der Waals surface area contributed by atoms with E-state index in [4.69, 9.17) is 5.11 Å². The number of aromatic amines is 1. The van der Waals surface area contributed by atoms with Crippen LogP contribution in [0.5, 0.6) is 0 Å². The molecule has 5 heteroatoms. The normalized spacial score (nSPS) is 18.4. The van der Waals surface area contributed by atoms with E-state index in [0.29, 0.717) is 24.0 Å². The maximum Gasteiger partial charge on any atom is 0.352 e. The minimum atomic E-state index is -1.01. The van der Waals surface area contributed by atoms with Crippen molar-refractivity contribution in [3.63, 3.8) is 0 Å². The summed E-state index contributed by atoms with van der Waals surface area (Å²) < 4.78 is 0. The third-order valence-electron chi connectivity index (χ3n) is 3.65. The minimum Gasteiger partial charge on any atom is -0.477 e. The van der Waals surface area contributed by atoms with E-state index in [2.05, 4.69) is 4.98 Å². The Balaban J connectivity index is 2.03. The van der Waals surface area contributed by atoms with E-state index in [0.717, 1.165) is 5.69 Å². The number of carboxylic acid groups (broad SMARTS) is 1. The van der Waals surface area contributed by atoms with Crippen LogP contribution < -0.4 is 0 Å². The first kappa shape index (κ1) is 12.2. The summed E-state index contributed by atoms with van der Waals surface area (Å²) in [6, 6.07) is 4.00. The monoisotopic (exact) mass is 275 g/mol. The molecule has 0 unspecified atom stereocenters. The molecule has 0 bridgehead atoms. The van der Waals surface area contributed by atoms with Crippen LogP contribution in [0.1, 0.15) is 49.3 Å². The molecule has 2 heterocycles. The van der Waals surface area contributed by atoms with Crippen LogP contribution in [-0.2, 0) is 6.42 Å². The number of carbonyl (C=O) groups excluding carboxylic acids is 1. The van der Waals surface area contributed by atoms with Crippen LogP contribution in [0.4, 0.5) is 0 Å². The van der Waals surface area contributed by atoms with E-state index in [1.807, 2.05) is 17.5 Å². The molecule has 0 spiro atoms. The molecule has 1 aliphatic carbocycles. The van der Waals surface area contributed by atoms with Crippen molar-refractivity contribution in [2.75, 3.05) is 0 Å². The van der Waals surface area contributed by atoms with E-state index in [1.165, 1.54) is 4.88 Å². The quantitative estimate of drug-likeness (QED) is 0.885. The van der Waals surface area contributed by atoms with Gasteiger partial charge in [-0.1, -0.05) is 6.07 Å². The van der Waals surface area contributed by atoms with Crippen molar-refractivity contribution < 1.29 is 14.7 Å². The summed E-state index contributed by atoms with van der Waals surface area (Å²) >= 11 is 1.64. The van der Waals surface area contributed by atoms with Crippen molar-refractivity contribution in [3.8, 4) is 0 Å². The third-order valence-corrected chi connectivity index (χ3v) is 4.68. The molecular weight excluding hydrogens is 262 g/mol. The number of fused-ring (bicyclic) bond motifs is 1. The molecule has 0 saturated heterocycles. The van der Waals surface area contributed by atoms with Crippen LogP contribution in [0.25, 0.3) is 0 Å². The zero-order valence-electron chi connectivity index (χ0n) is 10.4. The predicted octanol–water partition coefficient (Wildman–Crippen LogP) is 3.00. The van der Waals surface area contributed by atoms with Crippen molar-refractivity contribution in [2.24, 2.45) is 0 Å². The molecule has 0 fully saturated rings. The van der Waals surface area contributed by atoms with Gasteiger partial charge in [0.05, 0.1) is 0 Å². The predicted molar refractivity (Wildman–Crippen MR) is 72.2 cm³/mol. The number of rotatable bonds is 2. The number of H-pyrrole nitrogens is 1. The second-order valence-corrected chi connectivity index (χ2v) is 5.81. The van der Waals surface area contributed by atoms with Crippen LogP contribution in [0, 0.1) is 6.92 Å². The Kier molecular flexibility index (Phi) is 2.78. The highest BCUT2D eigenvalue weighted by Crippen LogP contribution is 2.36. The van der Waals surface area contributed by atoms with Crippen molar-refractivity contribution in [3.05, 3.63) is 44.9 Å². The van der Waals surface area contributed by atoms with Crippen LogP contribution in [-0.4, -0.2) is 21.8 Å². The van der Waals surface area contributed by atoms with Gasteiger partial charge >= 0.3 is 5.97 Å². The van der Waals surface area contributed by atoms with E-state index in [1.54, 1.807) is 18.3 Å². The zero-order valence-corrected chi connectivity index (χ0v) is 11.2. The lowest BCUT2D eigenvalue weighted by Crippen LogP contribution is -2.17. The molecule has 19 heavy (non-hydrogen) atoms. The Morgan fingerprint density at radius 3 is 2.89 bits per heavy atom. The molecule has 0 radical (unpaired) electrons. The van der Waals surface area contributed by atoms with E-state index in [-0.39, 0.29) is 17.4 Å². The summed E-state index contributed by atoms with van der Waals surface area (Å²) in [6.07, 6.45) is 1.17. The number of Topliss-reactive ketones (excluding diaryl/α,β-unsaturated/α-hetero) is 1. The van der Waals surface area contributed by atoms with E-state index < -0.39 is 5.97 Å². The lowest BCUT2D eigenvalue weighted by atomic mass is 9.84. The average Bonchev–Trinajstić information content (AvgIpc) is 2.96. The molecule has 2 aromatic rings. The fourth-order valence-electron chi connectivity index (χ4n) is 2.77. The lowest BCUT2D eigenvalue weighted by Gasteiger charge is -2.20. The van der Waals surface area contributed by atoms with Crippen molar-refractivity contribution in [2.45, 2.75) is 25.7 Å². The summed E-state index contributed by atoms with van der Waals surface area (Å²) in [6.45, 7) is 1.70. The van der Waals surface area contributed by atoms with Crippen molar-refractivity contribution in [1.29, 1.82) is 0 Å². The van der Waals surface area contributed by atoms with Gasteiger partial charge in [-0.2, -0.15) is 0 Å². The van der Waals surface area contributed by atoms with Gasteiger partial charge in [0.1, 0.15) is 5.69 Å². The number of carboxylic acids is 1. The Morgan fingerprint density at radius 1 is 1.47 bits per heavy atom. The molecule has 3 rings (SSSR count). The Bertz CT molecular complexity index is 655. The highest BCUT2D eigenvalue weighted by Gasteiger charge is 2.32. The maximum absolute atomic E-state index is 12.2. The Morgan fingerprint density at radius 2 is 2.26 bits per heavy atom. The molecule has 0 aromatic carbocycles. The van der Waals surface area contributed by atoms with E-state index >= 15 is 0 Å². The van der Waals surface area contributed by atoms with Crippen LogP contribution >= 0.6 is 11.3 Å². The molecule has 0 aliphatic heterocycles. The molecule has 1 atom stereocenters. The van der Waals surface area contributed by atoms with Gasteiger partial charge in [-0.25, -0.2) is 4.79 Å². The molecule has 1 aliphatic rings. The number of ketones is 1. The maximum atomic E-state index is 12.2. The van der Waals surface area contributed by atoms with E-state index in [9.17, 15) is 9.59 Å². The van der Waals surface area contributed by atoms with Gasteiger partial charge in [0, 0.05) is 28.5 Å². The van der Waals surface area contributed by atoms with Gasteiger partial charge in [-0.15, -0.1) is 11.3 Å².